The highest BCUT2D eigenvalue weighted by Gasteiger charge is 2.21. The first kappa shape index (κ1) is 28.3. The fourth-order valence-corrected chi connectivity index (χ4v) is 4.67. The number of hydrogen-bond donors (Lipinski definition) is 1. The van der Waals surface area contributed by atoms with Crippen LogP contribution in [0.3, 0.4) is 0 Å². The summed E-state index contributed by atoms with van der Waals surface area (Å²) in [6, 6.07) is 13.7. The molecule has 1 saturated heterocycles. The summed E-state index contributed by atoms with van der Waals surface area (Å²) >= 11 is 3.37. The molecule has 1 N–H and O–H groups in total. The second-order valence-corrected chi connectivity index (χ2v) is 10.1. The second-order valence-electron chi connectivity index (χ2n) is 9.23. The first-order valence-electron chi connectivity index (χ1n) is 12.8. The standard InChI is InChI=1S/C29H34BrN5O4/c1-5-15-38-28-25(30)18-31-29(33-28)32-22-7-6-8-24(16-22)39-20-21(2)19-34-11-13-35(14-12-34)26-10-9-23(36-3)17-27(26)37-4/h1,6-10,16-18,21H,11-15,19-20H2,2-4H3,(H,31,32,33). The number of anilines is 3. The first-order valence-corrected chi connectivity index (χ1v) is 13.6. The minimum Gasteiger partial charge on any atom is -0.497 e. The van der Waals surface area contributed by atoms with Gasteiger partial charge in [0.05, 0.1) is 37.2 Å². The Kier molecular flexibility index (Phi) is 10.1. The zero-order chi connectivity index (χ0) is 27.6. The Bertz CT molecular complexity index is 1280. The molecule has 1 aliphatic rings. The SMILES string of the molecule is C#CCOc1nc(Nc2cccc(OCC(C)CN3CCN(c4ccc(OC)cc4OC)CC3)c2)ncc1Br. The molecule has 3 aromatic rings. The number of ether oxygens (including phenoxy) is 4. The predicted octanol–water partition coefficient (Wildman–Crippen LogP) is 4.85. The number of benzene rings is 2. The number of nitrogens with zero attached hydrogens (tertiary/aromatic N) is 4. The first-order chi connectivity index (χ1) is 19.0. The van der Waals surface area contributed by atoms with Gasteiger partial charge in [0.15, 0.2) is 6.61 Å². The Balaban J connectivity index is 1.25. The van der Waals surface area contributed by atoms with Crippen LogP contribution in [0, 0.1) is 18.3 Å². The van der Waals surface area contributed by atoms with Crippen LogP contribution in [0.25, 0.3) is 0 Å². The summed E-state index contributed by atoms with van der Waals surface area (Å²) in [6.45, 7) is 7.79. The minimum absolute atomic E-state index is 0.129. The van der Waals surface area contributed by atoms with Crippen LogP contribution in [0.4, 0.5) is 17.3 Å². The van der Waals surface area contributed by atoms with Crippen LogP contribution in [-0.2, 0) is 0 Å². The lowest BCUT2D eigenvalue weighted by Crippen LogP contribution is -2.48. The van der Waals surface area contributed by atoms with Crippen LogP contribution in [0.1, 0.15) is 6.92 Å². The topological polar surface area (TPSA) is 81.2 Å². The molecule has 0 aliphatic carbocycles. The molecular formula is C29H34BrN5O4. The van der Waals surface area contributed by atoms with Crippen molar-refractivity contribution in [1.82, 2.24) is 14.9 Å². The van der Waals surface area contributed by atoms with Gasteiger partial charge in [-0.1, -0.05) is 18.9 Å². The summed E-state index contributed by atoms with van der Waals surface area (Å²) in [7, 11) is 3.36. The maximum atomic E-state index is 6.13. The number of hydrogen-bond acceptors (Lipinski definition) is 9. The molecule has 1 fully saturated rings. The number of piperazine rings is 1. The highest BCUT2D eigenvalue weighted by Crippen LogP contribution is 2.33. The zero-order valence-electron chi connectivity index (χ0n) is 22.5. The van der Waals surface area contributed by atoms with Gasteiger partial charge < -0.3 is 29.2 Å². The summed E-state index contributed by atoms with van der Waals surface area (Å²) in [5.41, 5.74) is 1.92. The van der Waals surface area contributed by atoms with Crippen molar-refractivity contribution < 1.29 is 18.9 Å². The average molecular weight is 597 g/mol. The lowest BCUT2D eigenvalue weighted by atomic mass is 10.1. The smallest absolute Gasteiger partial charge is 0.233 e. The number of methoxy groups -OCH3 is 2. The van der Waals surface area contributed by atoms with E-state index in [-0.39, 0.29) is 6.61 Å². The molecule has 1 aliphatic heterocycles. The van der Waals surface area contributed by atoms with E-state index < -0.39 is 0 Å². The van der Waals surface area contributed by atoms with Gasteiger partial charge in [-0.2, -0.15) is 4.98 Å². The van der Waals surface area contributed by atoms with Gasteiger partial charge in [-0.25, -0.2) is 4.98 Å². The van der Waals surface area contributed by atoms with Gasteiger partial charge >= 0.3 is 0 Å². The lowest BCUT2D eigenvalue weighted by Gasteiger charge is -2.37. The van der Waals surface area contributed by atoms with E-state index in [1.807, 2.05) is 36.4 Å². The normalized spacial score (nSPS) is 14.3. The van der Waals surface area contributed by atoms with Crippen molar-refractivity contribution in [2.75, 3.05) is 70.4 Å². The maximum Gasteiger partial charge on any atom is 0.233 e. The van der Waals surface area contributed by atoms with Crippen molar-refractivity contribution in [3.05, 3.63) is 53.1 Å². The van der Waals surface area contributed by atoms with E-state index in [9.17, 15) is 0 Å². The molecule has 2 heterocycles. The number of rotatable bonds is 12. The summed E-state index contributed by atoms with van der Waals surface area (Å²) < 4.78 is 23.1. The molecule has 10 heteroatoms. The lowest BCUT2D eigenvalue weighted by molar-refractivity contribution is 0.178. The average Bonchev–Trinajstić information content (AvgIpc) is 2.96. The van der Waals surface area contributed by atoms with E-state index in [1.165, 1.54) is 0 Å². The molecule has 39 heavy (non-hydrogen) atoms. The highest BCUT2D eigenvalue weighted by atomic mass is 79.9. The van der Waals surface area contributed by atoms with Gasteiger partial charge in [-0.05, 0) is 40.2 Å². The van der Waals surface area contributed by atoms with Gasteiger partial charge in [0.25, 0.3) is 0 Å². The Morgan fingerprint density at radius 3 is 2.62 bits per heavy atom. The monoisotopic (exact) mass is 595 g/mol. The van der Waals surface area contributed by atoms with Crippen LogP contribution < -0.4 is 29.2 Å². The van der Waals surface area contributed by atoms with Crippen LogP contribution in [-0.4, -0.2) is 75.0 Å². The van der Waals surface area contributed by atoms with Crippen molar-refractivity contribution in [3.8, 4) is 35.5 Å². The number of terminal acetylenes is 1. The Morgan fingerprint density at radius 1 is 1.05 bits per heavy atom. The summed E-state index contributed by atoms with van der Waals surface area (Å²) in [6.07, 6.45) is 6.90. The molecule has 206 valence electrons. The van der Waals surface area contributed by atoms with Crippen molar-refractivity contribution in [2.45, 2.75) is 6.92 Å². The molecule has 0 amide bonds. The van der Waals surface area contributed by atoms with E-state index in [0.29, 0.717) is 28.8 Å². The Morgan fingerprint density at radius 2 is 1.87 bits per heavy atom. The quantitative estimate of drug-likeness (QED) is 0.295. The van der Waals surface area contributed by atoms with E-state index in [0.717, 1.165) is 61.3 Å². The third-order valence-corrected chi connectivity index (χ3v) is 6.84. The molecule has 1 aromatic heterocycles. The van der Waals surface area contributed by atoms with Gasteiger partial charge in [0.2, 0.25) is 11.8 Å². The van der Waals surface area contributed by atoms with E-state index in [4.69, 9.17) is 25.4 Å². The molecular weight excluding hydrogens is 562 g/mol. The highest BCUT2D eigenvalue weighted by molar-refractivity contribution is 9.10. The molecule has 2 aromatic carbocycles. The van der Waals surface area contributed by atoms with Crippen molar-refractivity contribution in [3.63, 3.8) is 0 Å². The number of aromatic nitrogens is 2. The van der Waals surface area contributed by atoms with Gasteiger partial charge in [-0.15, -0.1) is 6.42 Å². The van der Waals surface area contributed by atoms with E-state index in [1.54, 1.807) is 20.4 Å². The Labute approximate surface area is 238 Å². The summed E-state index contributed by atoms with van der Waals surface area (Å²) in [5.74, 6) is 6.01. The fraction of sp³-hybridized carbons (Fsp3) is 0.379. The maximum absolute atomic E-state index is 6.13. The number of halogens is 1. The minimum atomic E-state index is 0.129. The van der Waals surface area contributed by atoms with Gasteiger partial charge in [-0.3, -0.25) is 4.90 Å². The number of nitrogens with one attached hydrogen (secondary N) is 1. The molecule has 4 rings (SSSR count). The summed E-state index contributed by atoms with van der Waals surface area (Å²) in [5, 5.41) is 3.19. The molecule has 1 atom stereocenters. The van der Waals surface area contributed by atoms with Crippen molar-refractivity contribution >= 4 is 33.3 Å². The van der Waals surface area contributed by atoms with Crippen LogP contribution in [0.5, 0.6) is 23.1 Å². The fourth-order valence-electron chi connectivity index (χ4n) is 4.37. The van der Waals surface area contributed by atoms with Gasteiger partial charge in [0.1, 0.15) is 17.2 Å². The molecule has 1 unspecified atom stereocenters. The summed E-state index contributed by atoms with van der Waals surface area (Å²) in [4.78, 5) is 13.5. The third kappa shape index (κ3) is 7.91. The second kappa shape index (κ2) is 13.9. The Hall–Kier alpha value is -3.68. The van der Waals surface area contributed by atoms with Crippen LogP contribution >= 0.6 is 15.9 Å². The third-order valence-electron chi connectivity index (χ3n) is 6.30. The van der Waals surface area contributed by atoms with Crippen LogP contribution in [0.2, 0.25) is 0 Å². The van der Waals surface area contributed by atoms with Crippen molar-refractivity contribution in [2.24, 2.45) is 5.92 Å². The van der Waals surface area contributed by atoms with E-state index >= 15 is 0 Å². The molecule has 0 bridgehead atoms. The molecule has 0 radical (unpaired) electrons. The molecule has 9 nitrogen and oxygen atoms in total. The van der Waals surface area contributed by atoms with Crippen LogP contribution in [0.15, 0.2) is 53.1 Å². The molecule has 0 saturated carbocycles. The zero-order valence-corrected chi connectivity index (χ0v) is 24.1. The molecule has 0 spiro atoms. The predicted molar refractivity (Wildman–Crippen MR) is 157 cm³/mol. The van der Waals surface area contributed by atoms with Gasteiger partial charge in [0, 0.05) is 56.5 Å². The van der Waals surface area contributed by atoms with E-state index in [2.05, 4.69) is 59.9 Å². The van der Waals surface area contributed by atoms with Crippen molar-refractivity contribution in [1.29, 1.82) is 0 Å². The largest absolute Gasteiger partial charge is 0.497 e.